The molecule has 0 heterocycles. The lowest BCUT2D eigenvalue weighted by Crippen LogP contribution is -2.16. The van der Waals surface area contributed by atoms with E-state index in [0.717, 1.165) is 0 Å². The van der Waals surface area contributed by atoms with Gasteiger partial charge in [0.25, 0.3) is 0 Å². The van der Waals surface area contributed by atoms with Gasteiger partial charge in [-0.15, -0.1) is 0 Å². The van der Waals surface area contributed by atoms with Gasteiger partial charge in [0.05, 0.1) is 5.76 Å². The summed E-state index contributed by atoms with van der Waals surface area (Å²) in [5, 5.41) is 0. The Balaban J connectivity index is 2.45. The number of carbonyl (C=O) groups is 1. The highest BCUT2D eigenvalue weighted by molar-refractivity contribution is 5.73. The lowest BCUT2D eigenvalue weighted by molar-refractivity contribution is -0.165. The van der Waals surface area contributed by atoms with Gasteiger partial charge >= 0.3 is 6.18 Å². The molecule has 84 valence electrons. The first-order chi connectivity index (χ1) is 7.01. The molecule has 0 aromatic carbocycles. The van der Waals surface area contributed by atoms with Gasteiger partial charge in [0.15, 0.2) is 6.61 Å². The highest BCUT2D eigenvalue weighted by Gasteiger charge is 2.28. The number of ether oxygens (including phenoxy) is 1. The van der Waals surface area contributed by atoms with Crippen molar-refractivity contribution in [2.24, 2.45) is 0 Å². The second-order valence-corrected chi connectivity index (χ2v) is 3.21. The monoisotopic (exact) mass is 220 g/mol. The first kappa shape index (κ1) is 11.8. The molecule has 1 rings (SSSR count). The van der Waals surface area contributed by atoms with E-state index in [1.807, 2.05) is 0 Å². The van der Waals surface area contributed by atoms with Crippen LogP contribution in [0.1, 0.15) is 19.3 Å². The molecule has 1 aliphatic carbocycles. The summed E-state index contributed by atoms with van der Waals surface area (Å²) >= 11 is 0. The number of rotatable bonds is 3. The van der Waals surface area contributed by atoms with Crippen molar-refractivity contribution in [1.29, 1.82) is 0 Å². The van der Waals surface area contributed by atoms with Crippen LogP contribution in [0.15, 0.2) is 23.5 Å². The summed E-state index contributed by atoms with van der Waals surface area (Å²) in [6, 6.07) is 0. The van der Waals surface area contributed by atoms with Gasteiger partial charge in [0.2, 0.25) is 0 Å². The zero-order valence-electron chi connectivity index (χ0n) is 8.01. The highest BCUT2D eigenvalue weighted by atomic mass is 19.4. The number of hydrogen-bond donors (Lipinski definition) is 0. The Morgan fingerprint density at radius 3 is 2.73 bits per heavy atom. The van der Waals surface area contributed by atoms with Crippen molar-refractivity contribution < 1.29 is 22.7 Å². The maximum absolute atomic E-state index is 11.8. The average Bonchev–Trinajstić information content (AvgIpc) is 2.38. The van der Waals surface area contributed by atoms with Gasteiger partial charge < -0.3 is 4.74 Å². The summed E-state index contributed by atoms with van der Waals surface area (Å²) in [5.74, 6) is 0.306. The molecule has 0 amide bonds. The molecule has 0 N–H and O–H groups in total. The molecule has 1 aliphatic rings. The maximum Gasteiger partial charge on any atom is 0.422 e. The predicted octanol–water partition coefficient (Wildman–Crippen LogP) is 2.76. The molecule has 0 radical (unpaired) electrons. The number of alkyl halides is 3. The van der Waals surface area contributed by atoms with E-state index < -0.39 is 12.8 Å². The van der Waals surface area contributed by atoms with E-state index in [4.69, 9.17) is 0 Å². The molecule has 0 fully saturated rings. The summed E-state index contributed by atoms with van der Waals surface area (Å²) in [6.07, 6.45) is 0.936. The van der Waals surface area contributed by atoms with Gasteiger partial charge in [-0.05, 0) is 24.5 Å². The van der Waals surface area contributed by atoms with Crippen LogP contribution in [0.5, 0.6) is 0 Å². The number of hydrogen-bond acceptors (Lipinski definition) is 2. The molecular weight excluding hydrogens is 209 g/mol. The molecule has 5 heteroatoms. The van der Waals surface area contributed by atoms with Crippen LogP contribution in [-0.2, 0) is 9.53 Å². The van der Waals surface area contributed by atoms with Crippen molar-refractivity contribution in [3.63, 3.8) is 0 Å². The SMILES string of the molecule is O=CC1=CCCC(OCC(F)(F)F)=CC1. The maximum atomic E-state index is 11.8. The van der Waals surface area contributed by atoms with E-state index >= 15 is 0 Å². The molecule has 0 atom stereocenters. The fourth-order valence-corrected chi connectivity index (χ4v) is 1.22. The molecule has 0 aromatic rings. The number of carbonyl (C=O) groups excluding carboxylic acids is 1. The summed E-state index contributed by atoms with van der Waals surface area (Å²) in [7, 11) is 0. The number of aldehydes is 1. The Hall–Kier alpha value is -1.26. The standard InChI is InChI=1S/C10H11F3O2/c11-10(12,13)7-15-9-3-1-2-8(6-14)4-5-9/h2,5-6H,1,3-4,7H2. The Morgan fingerprint density at radius 2 is 2.13 bits per heavy atom. The van der Waals surface area contributed by atoms with Crippen molar-refractivity contribution in [1.82, 2.24) is 0 Å². The normalized spacial score (nSPS) is 17.5. The van der Waals surface area contributed by atoms with Crippen molar-refractivity contribution in [2.75, 3.05) is 6.61 Å². The second kappa shape index (κ2) is 5.00. The lowest BCUT2D eigenvalue weighted by atomic mass is 10.2. The molecule has 15 heavy (non-hydrogen) atoms. The Kier molecular flexibility index (Phi) is 3.94. The first-order valence-electron chi connectivity index (χ1n) is 4.54. The smallest absolute Gasteiger partial charge is 0.422 e. The summed E-state index contributed by atoms with van der Waals surface area (Å²) in [6.45, 7) is -1.27. The zero-order chi connectivity index (χ0) is 11.3. The van der Waals surface area contributed by atoms with Crippen LogP contribution in [0.3, 0.4) is 0 Å². The van der Waals surface area contributed by atoms with Gasteiger partial charge in [-0.1, -0.05) is 6.08 Å². The van der Waals surface area contributed by atoms with Crippen molar-refractivity contribution >= 4 is 6.29 Å². The minimum atomic E-state index is -4.31. The van der Waals surface area contributed by atoms with Crippen LogP contribution in [0.4, 0.5) is 13.2 Å². The van der Waals surface area contributed by atoms with Gasteiger partial charge in [-0.3, -0.25) is 4.79 Å². The van der Waals surface area contributed by atoms with E-state index in [1.54, 1.807) is 6.08 Å². The molecular formula is C10H11F3O2. The Morgan fingerprint density at radius 1 is 1.40 bits per heavy atom. The quantitative estimate of drug-likeness (QED) is 0.683. The molecule has 0 unspecified atom stereocenters. The number of allylic oxidation sites excluding steroid dienone is 4. The van der Waals surface area contributed by atoms with Crippen LogP contribution in [0.2, 0.25) is 0 Å². The van der Waals surface area contributed by atoms with E-state index in [-0.39, 0.29) is 0 Å². The Bertz CT molecular complexity index is 290. The van der Waals surface area contributed by atoms with Crippen LogP contribution in [0.25, 0.3) is 0 Å². The molecule has 0 bridgehead atoms. The molecule has 0 spiro atoms. The second-order valence-electron chi connectivity index (χ2n) is 3.21. The van der Waals surface area contributed by atoms with Crippen molar-refractivity contribution in [3.05, 3.63) is 23.5 Å². The van der Waals surface area contributed by atoms with E-state index in [9.17, 15) is 18.0 Å². The van der Waals surface area contributed by atoms with Crippen LogP contribution in [0, 0.1) is 0 Å². The largest absolute Gasteiger partial charge is 0.489 e. The number of halogens is 3. The van der Waals surface area contributed by atoms with Crippen molar-refractivity contribution in [3.8, 4) is 0 Å². The molecule has 0 aromatic heterocycles. The third-order valence-corrected chi connectivity index (χ3v) is 1.94. The summed E-state index contributed by atoms with van der Waals surface area (Å²) < 4.78 is 40.1. The average molecular weight is 220 g/mol. The summed E-state index contributed by atoms with van der Waals surface area (Å²) in [4.78, 5) is 10.4. The fraction of sp³-hybridized carbons (Fsp3) is 0.500. The van der Waals surface area contributed by atoms with Crippen molar-refractivity contribution in [2.45, 2.75) is 25.4 Å². The molecule has 0 saturated carbocycles. The minimum absolute atomic E-state index is 0.306. The fourth-order valence-electron chi connectivity index (χ4n) is 1.22. The lowest BCUT2D eigenvalue weighted by Gasteiger charge is -2.11. The van der Waals surface area contributed by atoms with E-state index in [2.05, 4.69) is 4.74 Å². The summed E-state index contributed by atoms with van der Waals surface area (Å²) in [5.41, 5.74) is 0.584. The molecule has 0 aliphatic heterocycles. The van der Waals surface area contributed by atoms with Gasteiger partial charge in [-0.25, -0.2) is 0 Å². The highest BCUT2D eigenvalue weighted by Crippen LogP contribution is 2.21. The first-order valence-corrected chi connectivity index (χ1v) is 4.54. The minimum Gasteiger partial charge on any atom is -0.489 e. The van der Waals surface area contributed by atoms with E-state index in [1.165, 1.54) is 6.08 Å². The van der Waals surface area contributed by atoms with Gasteiger partial charge in [-0.2, -0.15) is 13.2 Å². The van der Waals surface area contributed by atoms with Crippen LogP contribution >= 0.6 is 0 Å². The van der Waals surface area contributed by atoms with Crippen LogP contribution in [-0.4, -0.2) is 19.1 Å². The molecule has 2 nitrogen and oxygen atoms in total. The van der Waals surface area contributed by atoms with Gasteiger partial charge in [0, 0.05) is 6.42 Å². The predicted molar refractivity (Wildman–Crippen MR) is 48.1 cm³/mol. The third kappa shape index (κ3) is 4.67. The van der Waals surface area contributed by atoms with E-state index in [0.29, 0.717) is 36.9 Å². The topological polar surface area (TPSA) is 26.3 Å². The Labute approximate surface area is 85.4 Å². The zero-order valence-corrected chi connectivity index (χ0v) is 8.01. The van der Waals surface area contributed by atoms with Gasteiger partial charge in [0.1, 0.15) is 6.29 Å². The molecule has 0 saturated heterocycles. The van der Waals surface area contributed by atoms with Crippen LogP contribution < -0.4 is 0 Å². The third-order valence-electron chi connectivity index (χ3n) is 1.94.